The van der Waals surface area contributed by atoms with Gasteiger partial charge < -0.3 is 24.1 Å². The summed E-state index contributed by atoms with van der Waals surface area (Å²) >= 11 is 5.93. The normalized spacial score (nSPS) is 15.6. The third kappa shape index (κ3) is 4.16. The number of nitrogens with one attached hydrogen (secondary N) is 1. The van der Waals surface area contributed by atoms with Crippen LogP contribution in [0, 0.1) is 5.92 Å². The molecule has 3 heterocycles. The van der Waals surface area contributed by atoms with Gasteiger partial charge in [0.05, 0.1) is 0 Å². The molecule has 0 bridgehead atoms. The number of likely N-dealkylation sites (tertiary alicyclic amines) is 1. The van der Waals surface area contributed by atoms with Gasteiger partial charge in [-0.2, -0.15) is 0 Å². The van der Waals surface area contributed by atoms with Crippen molar-refractivity contribution in [3.8, 4) is 22.8 Å². The van der Waals surface area contributed by atoms with Crippen LogP contribution in [0.2, 0.25) is 5.02 Å². The minimum atomic E-state index is -0.167. The van der Waals surface area contributed by atoms with E-state index < -0.39 is 0 Å². The number of benzene rings is 2. The Morgan fingerprint density at radius 2 is 1.69 bits per heavy atom. The fourth-order valence-corrected chi connectivity index (χ4v) is 4.07. The molecule has 5 rings (SSSR count). The van der Waals surface area contributed by atoms with Crippen LogP contribution < -0.4 is 14.8 Å². The van der Waals surface area contributed by atoms with Crippen LogP contribution in [0.1, 0.15) is 23.4 Å². The number of hydrogen-bond acceptors (Lipinski definition) is 5. The third-order valence-corrected chi connectivity index (χ3v) is 5.99. The number of fused-ring (bicyclic) bond motifs is 1. The lowest BCUT2D eigenvalue weighted by molar-refractivity contribution is -0.121. The number of rotatable bonds is 4. The van der Waals surface area contributed by atoms with Gasteiger partial charge in [0.1, 0.15) is 5.76 Å². The van der Waals surface area contributed by atoms with Gasteiger partial charge in [-0.05, 0) is 61.4 Å². The minimum Gasteiger partial charge on any atom is -0.454 e. The van der Waals surface area contributed by atoms with Gasteiger partial charge in [0.2, 0.25) is 12.7 Å². The van der Waals surface area contributed by atoms with Crippen molar-refractivity contribution in [1.82, 2.24) is 4.90 Å². The second kappa shape index (κ2) is 8.59. The maximum Gasteiger partial charge on any atom is 0.289 e. The molecule has 2 aromatic carbocycles. The highest BCUT2D eigenvalue weighted by Gasteiger charge is 2.29. The van der Waals surface area contributed by atoms with Crippen LogP contribution in [-0.4, -0.2) is 36.6 Å². The van der Waals surface area contributed by atoms with E-state index in [0.717, 1.165) is 5.56 Å². The predicted molar refractivity (Wildman–Crippen MR) is 119 cm³/mol. The predicted octanol–water partition coefficient (Wildman–Crippen LogP) is 4.82. The lowest BCUT2D eigenvalue weighted by Gasteiger charge is -2.30. The van der Waals surface area contributed by atoms with Crippen molar-refractivity contribution in [1.29, 1.82) is 0 Å². The third-order valence-electron chi connectivity index (χ3n) is 5.74. The van der Waals surface area contributed by atoms with Crippen LogP contribution in [0.5, 0.6) is 11.5 Å². The van der Waals surface area contributed by atoms with E-state index in [4.69, 9.17) is 25.5 Å². The first kappa shape index (κ1) is 20.5. The Hall–Kier alpha value is -3.45. The summed E-state index contributed by atoms with van der Waals surface area (Å²) in [6.07, 6.45) is 1.18. The quantitative estimate of drug-likeness (QED) is 0.613. The molecule has 0 saturated carbocycles. The van der Waals surface area contributed by atoms with E-state index in [9.17, 15) is 9.59 Å². The molecular formula is C24H21ClN2O5. The number of nitrogens with zero attached hydrogens (tertiary/aromatic N) is 1. The smallest absolute Gasteiger partial charge is 0.289 e. The molecule has 1 saturated heterocycles. The molecule has 0 spiro atoms. The van der Waals surface area contributed by atoms with Gasteiger partial charge >= 0.3 is 0 Å². The summed E-state index contributed by atoms with van der Waals surface area (Å²) in [6, 6.07) is 16.0. The molecule has 0 aliphatic carbocycles. The van der Waals surface area contributed by atoms with Crippen LogP contribution >= 0.6 is 11.6 Å². The molecule has 1 fully saturated rings. The first-order valence-corrected chi connectivity index (χ1v) is 10.8. The topological polar surface area (TPSA) is 81.0 Å². The summed E-state index contributed by atoms with van der Waals surface area (Å²) < 4.78 is 16.4. The number of ether oxygens (including phenoxy) is 2. The van der Waals surface area contributed by atoms with Crippen molar-refractivity contribution in [2.45, 2.75) is 12.8 Å². The van der Waals surface area contributed by atoms with Crippen molar-refractivity contribution >= 4 is 29.1 Å². The van der Waals surface area contributed by atoms with Crippen molar-refractivity contribution in [3.63, 3.8) is 0 Å². The molecule has 1 N–H and O–H groups in total. The van der Waals surface area contributed by atoms with Gasteiger partial charge in [0, 0.05) is 41.3 Å². The Balaban J connectivity index is 1.17. The van der Waals surface area contributed by atoms with E-state index in [2.05, 4.69) is 5.32 Å². The SMILES string of the molecule is O=C(Nc1ccc2c(c1)OCO2)C1CCN(C(=O)c2ccc(-c3ccc(Cl)cc3)o2)CC1. The Morgan fingerprint density at radius 3 is 2.47 bits per heavy atom. The first-order chi connectivity index (χ1) is 15.6. The number of hydrogen-bond donors (Lipinski definition) is 1. The lowest BCUT2D eigenvalue weighted by atomic mass is 9.95. The average molecular weight is 453 g/mol. The maximum atomic E-state index is 12.9. The van der Waals surface area contributed by atoms with E-state index in [0.29, 0.717) is 59.7 Å². The molecule has 0 unspecified atom stereocenters. The van der Waals surface area contributed by atoms with Crippen LogP contribution in [0.4, 0.5) is 5.69 Å². The summed E-state index contributed by atoms with van der Waals surface area (Å²) in [5.41, 5.74) is 1.52. The maximum absolute atomic E-state index is 12.9. The molecule has 2 aliphatic heterocycles. The summed E-state index contributed by atoms with van der Waals surface area (Å²) in [5.74, 6) is 1.82. The van der Waals surface area contributed by atoms with Crippen LogP contribution in [0.25, 0.3) is 11.3 Å². The molecular weight excluding hydrogens is 432 g/mol. The number of halogens is 1. The van der Waals surface area contributed by atoms with Crippen LogP contribution in [0.3, 0.4) is 0 Å². The fraction of sp³-hybridized carbons (Fsp3) is 0.250. The Morgan fingerprint density at radius 1 is 0.938 bits per heavy atom. The van der Waals surface area contributed by atoms with E-state index in [1.54, 1.807) is 47.4 Å². The number of furan rings is 1. The Labute approximate surface area is 189 Å². The monoisotopic (exact) mass is 452 g/mol. The van der Waals surface area contributed by atoms with Gasteiger partial charge in [0.15, 0.2) is 17.3 Å². The van der Waals surface area contributed by atoms with Gasteiger partial charge in [-0.3, -0.25) is 9.59 Å². The van der Waals surface area contributed by atoms with Crippen molar-refractivity contribution in [3.05, 3.63) is 65.4 Å². The zero-order valence-electron chi connectivity index (χ0n) is 17.2. The van der Waals surface area contributed by atoms with Gasteiger partial charge in [0.25, 0.3) is 5.91 Å². The number of amides is 2. The summed E-state index contributed by atoms with van der Waals surface area (Å²) in [5, 5.41) is 3.58. The summed E-state index contributed by atoms with van der Waals surface area (Å²) in [4.78, 5) is 27.3. The number of piperidine rings is 1. The molecule has 0 atom stereocenters. The highest BCUT2D eigenvalue weighted by Crippen LogP contribution is 2.34. The molecule has 3 aromatic rings. The van der Waals surface area contributed by atoms with Gasteiger partial charge in [-0.1, -0.05) is 11.6 Å². The fourth-order valence-electron chi connectivity index (χ4n) is 3.94. The van der Waals surface area contributed by atoms with E-state index >= 15 is 0 Å². The number of carbonyl (C=O) groups excluding carboxylic acids is 2. The van der Waals surface area contributed by atoms with Gasteiger partial charge in [-0.15, -0.1) is 0 Å². The number of anilines is 1. The minimum absolute atomic E-state index is 0.0565. The summed E-state index contributed by atoms with van der Waals surface area (Å²) in [6.45, 7) is 1.18. The van der Waals surface area contributed by atoms with Gasteiger partial charge in [-0.25, -0.2) is 0 Å². The number of carbonyl (C=O) groups is 2. The van der Waals surface area contributed by atoms with Crippen molar-refractivity contribution < 1.29 is 23.5 Å². The zero-order valence-corrected chi connectivity index (χ0v) is 17.9. The average Bonchev–Trinajstić information content (AvgIpc) is 3.49. The van der Waals surface area contributed by atoms with Crippen molar-refractivity contribution in [2.24, 2.45) is 5.92 Å². The molecule has 32 heavy (non-hydrogen) atoms. The highest BCUT2D eigenvalue weighted by atomic mass is 35.5. The summed E-state index contributed by atoms with van der Waals surface area (Å²) in [7, 11) is 0. The molecule has 2 aliphatic rings. The Kier molecular flexibility index (Phi) is 5.49. The van der Waals surface area contributed by atoms with Crippen LogP contribution in [-0.2, 0) is 4.79 Å². The molecule has 0 radical (unpaired) electrons. The van der Waals surface area contributed by atoms with Crippen molar-refractivity contribution in [2.75, 3.05) is 25.2 Å². The largest absolute Gasteiger partial charge is 0.454 e. The zero-order chi connectivity index (χ0) is 22.1. The second-order valence-corrected chi connectivity index (χ2v) is 8.23. The van der Waals surface area contributed by atoms with Crippen LogP contribution in [0.15, 0.2) is 59.0 Å². The Bertz CT molecular complexity index is 1150. The van der Waals surface area contributed by atoms with E-state index in [1.165, 1.54) is 0 Å². The molecule has 164 valence electrons. The molecule has 1 aromatic heterocycles. The molecule has 8 heteroatoms. The van der Waals surface area contributed by atoms with E-state index in [1.807, 2.05) is 12.1 Å². The second-order valence-electron chi connectivity index (χ2n) is 7.79. The van der Waals surface area contributed by atoms with E-state index in [-0.39, 0.29) is 24.5 Å². The molecule has 2 amide bonds. The highest BCUT2D eigenvalue weighted by molar-refractivity contribution is 6.30. The molecule has 7 nitrogen and oxygen atoms in total. The lowest BCUT2D eigenvalue weighted by Crippen LogP contribution is -2.41. The standard InChI is InChI=1S/C24H21ClN2O5/c25-17-3-1-15(2-4-17)19-7-8-21(32-19)24(29)27-11-9-16(10-12-27)23(28)26-18-5-6-20-22(13-18)31-14-30-20/h1-8,13,16H,9-12,14H2,(H,26,28). The first-order valence-electron chi connectivity index (χ1n) is 10.4.